The lowest BCUT2D eigenvalue weighted by Crippen LogP contribution is -2.22. The summed E-state index contributed by atoms with van der Waals surface area (Å²) in [7, 11) is 2.05. The second kappa shape index (κ2) is 6.64. The molecule has 1 aliphatic heterocycles. The van der Waals surface area contributed by atoms with Crippen molar-refractivity contribution in [1.82, 2.24) is 20.3 Å². The Morgan fingerprint density at radius 2 is 2.00 bits per heavy atom. The van der Waals surface area contributed by atoms with E-state index in [1.165, 1.54) is 5.56 Å². The number of para-hydroxylation sites is 1. The van der Waals surface area contributed by atoms with Crippen LogP contribution < -0.4 is 16.0 Å². The molecular weight excluding hydrogens is 312 g/mol. The van der Waals surface area contributed by atoms with Crippen LogP contribution in [0.1, 0.15) is 16.8 Å². The van der Waals surface area contributed by atoms with Gasteiger partial charge in [0.25, 0.3) is 0 Å². The number of hydrogen-bond donors (Lipinski definition) is 2. The smallest absolute Gasteiger partial charge is 0.222 e. The van der Waals surface area contributed by atoms with Gasteiger partial charge in [-0.1, -0.05) is 18.2 Å². The van der Waals surface area contributed by atoms with Gasteiger partial charge in [0, 0.05) is 43.7 Å². The highest BCUT2D eigenvalue weighted by Crippen LogP contribution is 2.25. The minimum Gasteiger partial charge on any atom is -0.368 e. The van der Waals surface area contributed by atoms with Crippen LogP contribution in [-0.2, 0) is 19.4 Å². The molecule has 0 bridgehead atoms. The summed E-state index contributed by atoms with van der Waals surface area (Å²) >= 11 is 0. The molecule has 3 heterocycles. The summed E-state index contributed by atoms with van der Waals surface area (Å²) < 4.78 is 0. The Labute approximate surface area is 147 Å². The van der Waals surface area contributed by atoms with E-state index in [1.54, 1.807) is 0 Å². The van der Waals surface area contributed by atoms with Crippen molar-refractivity contribution < 1.29 is 0 Å². The van der Waals surface area contributed by atoms with Gasteiger partial charge >= 0.3 is 0 Å². The second-order valence-corrected chi connectivity index (χ2v) is 6.47. The van der Waals surface area contributed by atoms with Crippen molar-refractivity contribution in [2.24, 2.45) is 0 Å². The predicted molar refractivity (Wildman–Crippen MR) is 101 cm³/mol. The van der Waals surface area contributed by atoms with Gasteiger partial charge in [-0.25, -0.2) is 4.98 Å². The average molecular weight is 334 g/mol. The molecular formula is C19H22N6. The van der Waals surface area contributed by atoms with Crippen LogP contribution in [0.3, 0.4) is 0 Å². The summed E-state index contributed by atoms with van der Waals surface area (Å²) in [5.41, 5.74) is 10.4. The lowest BCUT2D eigenvalue weighted by atomic mass is 10.1. The highest BCUT2D eigenvalue weighted by atomic mass is 15.2. The predicted octanol–water partition coefficient (Wildman–Crippen LogP) is 1.93. The summed E-state index contributed by atoms with van der Waals surface area (Å²) in [6.07, 6.45) is 3.75. The molecule has 3 N–H and O–H groups in total. The number of anilines is 2. The van der Waals surface area contributed by atoms with Crippen LogP contribution >= 0.6 is 0 Å². The fourth-order valence-corrected chi connectivity index (χ4v) is 3.41. The molecule has 1 aliphatic rings. The third kappa shape index (κ3) is 3.25. The summed E-state index contributed by atoms with van der Waals surface area (Å²) in [5, 5.41) is 4.56. The fourth-order valence-electron chi connectivity index (χ4n) is 3.41. The third-order valence-electron chi connectivity index (χ3n) is 4.61. The summed E-state index contributed by atoms with van der Waals surface area (Å²) in [4.78, 5) is 15.7. The van der Waals surface area contributed by atoms with Gasteiger partial charge in [0.2, 0.25) is 5.95 Å². The molecule has 0 atom stereocenters. The van der Waals surface area contributed by atoms with Crippen LogP contribution in [-0.4, -0.2) is 35.1 Å². The van der Waals surface area contributed by atoms with Gasteiger partial charge in [-0.2, -0.15) is 4.98 Å². The first-order valence-electron chi connectivity index (χ1n) is 8.61. The molecule has 0 unspecified atom stereocenters. The number of nitrogen functional groups attached to an aromatic ring is 1. The molecule has 6 nitrogen and oxygen atoms in total. The Bertz CT molecular complexity index is 908. The van der Waals surface area contributed by atoms with Crippen molar-refractivity contribution in [3.63, 3.8) is 0 Å². The van der Waals surface area contributed by atoms with E-state index >= 15 is 0 Å². The Balaban J connectivity index is 1.66. The van der Waals surface area contributed by atoms with Gasteiger partial charge in [0.1, 0.15) is 5.82 Å². The Kier molecular flexibility index (Phi) is 4.19. The van der Waals surface area contributed by atoms with Crippen molar-refractivity contribution in [3.05, 3.63) is 53.3 Å². The number of nitrogens with two attached hydrogens (primary N) is 1. The summed E-state index contributed by atoms with van der Waals surface area (Å²) in [5.74, 6) is 1.28. The first kappa shape index (κ1) is 15.8. The maximum Gasteiger partial charge on any atom is 0.222 e. The molecule has 4 rings (SSSR count). The number of nitrogens with zero attached hydrogens (tertiary/aromatic N) is 4. The van der Waals surface area contributed by atoms with Crippen LogP contribution in [0.2, 0.25) is 0 Å². The molecule has 2 aromatic heterocycles. The van der Waals surface area contributed by atoms with Gasteiger partial charge in [-0.15, -0.1) is 0 Å². The molecule has 0 saturated heterocycles. The number of aromatic nitrogens is 3. The first-order valence-corrected chi connectivity index (χ1v) is 8.61. The van der Waals surface area contributed by atoms with Gasteiger partial charge in [0.05, 0.1) is 11.2 Å². The first-order chi connectivity index (χ1) is 12.2. The van der Waals surface area contributed by atoms with Crippen molar-refractivity contribution in [2.45, 2.75) is 19.4 Å². The lowest BCUT2D eigenvalue weighted by Gasteiger charge is -2.22. The molecule has 25 heavy (non-hydrogen) atoms. The van der Waals surface area contributed by atoms with Crippen LogP contribution in [0.4, 0.5) is 11.8 Å². The molecule has 1 aromatic carbocycles. The Hall–Kier alpha value is -2.73. The minimum absolute atomic E-state index is 0.346. The summed E-state index contributed by atoms with van der Waals surface area (Å²) in [6, 6.07) is 10.3. The van der Waals surface area contributed by atoms with Crippen molar-refractivity contribution in [2.75, 3.05) is 30.8 Å². The van der Waals surface area contributed by atoms with E-state index in [9.17, 15) is 0 Å². The van der Waals surface area contributed by atoms with E-state index in [2.05, 4.69) is 44.3 Å². The average Bonchev–Trinajstić information content (AvgIpc) is 2.86. The van der Waals surface area contributed by atoms with E-state index in [0.717, 1.165) is 60.5 Å². The normalized spacial score (nSPS) is 14.1. The molecule has 0 radical (unpaired) electrons. The lowest BCUT2D eigenvalue weighted by molar-refractivity contribution is 0.708. The number of pyridine rings is 1. The molecule has 3 aromatic rings. The zero-order valence-electron chi connectivity index (χ0n) is 14.4. The van der Waals surface area contributed by atoms with Gasteiger partial charge in [-0.3, -0.25) is 4.98 Å². The van der Waals surface area contributed by atoms with Crippen molar-refractivity contribution in [3.8, 4) is 0 Å². The zero-order chi connectivity index (χ0) is 17.2. The van der Waals surface area contributed by atoms with Crippen LogP contribution in [0, 0.1) is 0 Å². The Morgan fingerprint density at radius 3 is 2.92 bits per heavy atom. The van der Waals surface area contributed by atoms with Gasteiger partial charge in [0.15, 0.2) is 0 Å². The number of fused-ring (bicyclic) bond motifs is 2. The molecule has 6 heteroatoms. The molecule has 0 amide bonds. The summed E-state index contributed by atoms with van der Waals surface area (Å²) in [6.45, 7) is 2.61. The monoisotopic (exact) mass is 334 g/mol. The van der Waals surface area contributed by atoms with Crippen LogP contribution in [0.25, 0.3) is 10.9 Å². The second-order valence-electron chi connectivity index (χ2n) is 6.47. The van der Waals surface area contributed by atoms with E-state index in [1.807, 2.05) is 24.4 Å². The molecule has 0 fully saturated rings. The number of nitrogens with one attached hydrogen (secondary N) is 1. The number of benzene rings is 1. The third-order valence-corrected chi connectivity index (χ3v) is 4.61. The van der Waals surface area contributed by atoms with Gasteiger partial charge < -0.3 is 16.0 Å². The van der Waals surface area contributed by atoms with E-state index < -0.39 is 0 Å². The van der Waals surface area contributed by atoms with E-state index in [4.69, 9.17) is 5.73 Å². The topological polar surface area (TPSA) is 80.0 Å². The zero-order valence-corrected chi connectivity index (χ0v) is 14.4. The SMILES string of the molecule is CN(Cc1cnc2ccccc2c1)c1nc(N)nc2c1CCNCC2. The largest absolute Gasteiger partial charge is 0.368 e. The molecule has 0 aliphatic carbocycles. The van der Waals surface area contributed by atoms with E-state index in [0.29, 0.717) is 5.95 Å². The highest BCUT2D eigenvalue weighted by Gasteiger charge is 2.18. The van der Waals surface area contributed by atoms with Crippen LogP contribution in [0.15, 0.2) is 36.5 Å². The molecule has 0 spiro atoms. The maximum absolute atomic E-state index is 5.96. The Morgan fingerprint density at radius 1 is 1.16 bits per heavy atom. The standard InChI is InChI=1S/C19H22N6/c1-25(12-13-10-14-4-2-3-5-16(14)22-11-13)18-15-6-8-21-9-7-17(15)23-19(20)24-18/h2-5,10-11,21H,6-9,12H2,1H3,(H2,20,23,24). The van der Waals surface area contributed by atoms with Gasteiger partial charge in [-0.05, 0) is 30.7 Å². The number of hydrogen-bond acceptors (Lipinski definition) is 6. The number of rotatable bonds is 3. The van der Waals surface area contributed by atoms with Crippen molar-refractivity contribution in [1.29, 1.82) is 0 Å². The highest BCUT2D eigenvalue weighted by molar-refractivity contribution is 5.78. The maximum atomic E-state index is 5.96. The van der Waals surface area contributed by atoms with Crippen molar-refractivity contribution >= 4 is 22.7 Å². The van der Waals surface area contributed by atoms with Crippen LogP contribution in [0.5, 0.6) is 0 Å². The minimum atomic E-state index is 0.346. The fraction of sp³-hybridized carbons (Fsp3) is 0.316. The van der Waals surface area contributed by atoms with E-state index in [-0.39, 0.29) is 0 Å². The quantitative estimate of drug-likeness (QED) is 0.762. The molecule has 0 saturated carbocycles. The molecule has 128 valence electrons.